The highest BCUT2D eigenvalue weighted by Crippen LogP contribution is 2.46. The minimum absolute atomic E-state index is 0.0217. The Morgan fingerprint density at radius 2 is 0.861 bits per heavy atom. The van der Waals surface area contributed by atoms with E-state index in [0.717, 1.165) is 11.1 Å². The molecule has 0 saturated heterocycles. The second kappa shape index (κ2) is 8.35. The van der Waals surface area contributed by atoms with Crippen molar-refractivity contribution in [2.24, 2.45) is 0 Å². The molecule has 8 N–H and O–H groups in total. The van der Waals surface area contributed by atoms with Crippen molar-refractivity contribution in [1.82, 2.24) is 0 Å². The number of hydrogen-bond acceptors (Lipinski definition) is 8. The van der Waals surface area contributed by atoms with Gasteiger partial charge in [0, 0.05) is 23.5 Å². The molecule has 36 heavy (non-hydrogen) atoms. The van der Waals surface area contributed by atoms with Gasteiger partial charge in [-0.2, -0.15) is 0 Å². The SMILES string of the molecule is Cc1ccc(Oc2cc(N)c3c(c2N)C(=O)c2c(N)c(Oc4ccc(C)cc4)cc(N)c2C3=O)cc1. The summed E-state index contributed by atoms with van der Waals surface area (Å²) in [4.78, 5) is 27.3. The van der Waals surface area contributed by atoms with Crippen LogP contribution >= 0.6 is 0 Å². The predicted molar refractivity (Wildman–Crippen MR) is 140 cm³/mol. The van der Waals surface area contributed by atoms with Gasteiger partial charge in [0.05, 0.1) is 33.6 Å². The van der Waals surface area contributed by atoms with Gasteiger partial charge in [-0.25, -0.2) is 0 Å². The molecule has 0 spiro atoms. The number of carbonyl (C=O) groups excluding carboxylic acids is 2. The number of nitrogens with two attached hydrogens (primary N) is 4. The number of benzene rings is 4. The Morgan fingerprint density at radius 3 is 1.22 bits per heavy atom. The summed E-state index contributed by atoms with van der Waals surface area (Å²) in [7, 11) is 0. The zero-order valence-electron chi connectivity index (χ0n) is 19.7. The lowest BCUT2D eigenvalue weighted by atomic mass is 9.80. The summed E-state index contributed by atoms with van der Waals surface area (Å²) in [6.07, 6.45) is 0. The van der Waals surface area contributed by atoms with E-state index in [1.165, 1.54) is 12.1 Å². The van der Waals surface area contributed by atoms with Gasteiger partial charge >= 0.3 is 0 Å². The third-order valence-corrected chi connectivity index (χ3v) is 6.13. The molecule has 0 unspecified atom stereocenters. The van der Waals surface area contributed by atoms with Crippen LogP contribution in [0.15, 0.2) is 60.7 Å². The van der Waals surface area contributed by atoms with Crippen molar-refractivity contribution in [2.45, 2.75) is 13.8 Å². The van der Waals surface area contributed by atoms with E-state index in [-0.39, 0.29) is 56.5 Å². The van der Waals surface area contributed by atoms with Crippen LogP contribution in [0.3, 0.4) is 0 Å². The first kappa shape index (κ1) is 22.8. The quantitative estimate of drug-likeness (QED) is 0.262. The average Bonchev–Trinajstić information content (AvgIpc) is 2.84. The topological polar surface area (TPSA) is 157 Å². The van der Waals surface area contributed by atoms with Crippen molar-refractivity contribution < 1.29 is 19.1 Å². The Morgan fingerprint density at radius 1 is 0.528 bits per heavy atom. The Hall–Kier alpha value is -4.98. The molecule has 0 atom stereocenters. The van der Waals surface area contributed by atoms with Gasteiger partial charge in [0.1, 0.15) is 11.5 Å². The smallest absolute Gasteiger partial charge is 0.199 e. The number of rotatable bonds is 4. The Bertz CT molecular complexity index is 1440. The lowest BCUT2D eigenvalue weighted by molar-refractivity contribution is 0.0981. The van der Waals surface area contributed by atoms with E-state index in [2.05, 4.69) is 0 Å². The lowest BCUT2D eigenvalue weighted by Crippen LogP contribution is -2.26. The Kier molecular flexibility index (Phi) is 5.29. The van der Waals surface area contributed by atoms with Crippen molar-refractivity contribution in [3.8, 4) is 23.0 Å². The molecule has 4 aromatic carbocycles. The van der Waals surface area contributed by atoms with E-state index < -0.39 is 11.6 Å². The number of ketones is 2. The van der Waals surface area contributed by atoms with Crippen LogP contribution in [0, 0.1) is 13.8 Å². The molecule has 1 aliphatic carbocycles. The maximum atomic E-state index is 13.8. The lowest BCUT2D eigenvalue weighted by Gasteiger charge is -2.25. The summed E-state index contributed by atoms with van der Waals surface area (Å²) in [5, 5.41) is 0. The van der Waals surface area contributed by atoms with E-state index >= 15 is 0 Å². The number of ether oxygens (including phenoxy) is 2. The highest BCUT2D eigenvalue weighted by molar-refractivity contribution is 6.35. The molecule has 0 saturated carbocycles. The summed E-state index contributed by atoms with van der Waals surface area (Å²) in [5.74, 6) is 0.170. The molecule has 180 valence electrons. The normalized spacial score (nSPS) is 12.2. The minimum atomic E-state index is -0.586. The zero-order valence-corrected chi connectivity index (χ0v) is 19.7. The number of nitrogen functional groups attached to an aromatic ring is 4. The van der Waals surface area contributed by atoms with Crippen LogP contribution in [-0.2, 0) is 0 Å². The summed E-state index contributed by atoms with van der Waals surface area (Å²) < 4.78 is 11.8. The van der Waals surface area contributed by atoms with Gasteiger partial charge in [0.15, 0.2) is 23.1 Å². The fourth-order valence-electron chi connectivity index (χ4n) is 4.23. The molecule has 8 nitrogen and oxygen atoms in total. The molecular weight excluding hydrogens is 456 g/mol. The van der Waals surface area contributed by atoms with E-state index in [0.29, 0.717) is 11.5 Å². The van der Waals surface area contributed by atoms with Crippen LogP contribution in [0.2, 0.25) is 0 Å². The van der Waals surface area contributed by atoms with E-state index in [1.807, 2.05) is 38.1 Å². The predicted octanol–water partition coefficient (Wildman–Crippen LogP) is 4.99. The van der Waals surface area contributed by atoms with Crippen LogP contribution in [0.1, 0.15) is 43.0 Å². The second-order valence-corrected chi connectivity index (χ2v) is 8.74. The van der Waals surface area contributed by atoms with Gasteiger partial charge < -0.3 is 32.4 Å². The zero-order chi connectivity index (χ0) is 25.7. The van der Waals surface area contributed by atoms with Crippen LogP contribution < -0.4 is 32.4 Å². The standard InChI is InChI=1S/C28H24N4O4/c1-13-3-7-15(8-4-13)35-19-11-17(29)21-23(25(19)31)28(34)24-22(27(21)33)18(30)12-20(26(24)32)36-16-9-5-14(2)6-10-16/h3-12H,29-32H2,1-2H3. The fourth-order valence-corrected chi connectivity index (χ4v) is 4.23. The Balaban J connectivity index is 1.63. The maximum absolute atomic E-state index is 13.8. The molecule has 8 heteroatoms. The number of carbonyl (C=O) groups is 2. The molecular formula is C28H24N4O4. The molecule has 1 aliphatic rings. The van der Waals surface area contributed by atoms with Gasteiger partial charge in [0.25, 0.3) is 0 Å². The first-order valence-corrected chi connectivity index (χ1v) is 11.2. The van der Waals surface area contributed by atoms with Gasteiger partial charge in [0.2, 0.25) is 0 Å². The average molecular weight is 481 g/mol. The van der Waals surface area contributed by atoms with E-state index in [4.69, 9.17) is 32.4 Å². The summed E-state index contributed by atoms with van der Waals surface area (Å²) in [5.41, 5.74) is 27.1. The number of fused-ring (bicyclic) bond motifs is 2. The second-order valence-electron chi connectivity index (χ2n) is 8.74. The third kappa shape index (κ3) is 3.65. The van der Waals surface area contributed by atoms with Crippen molar-refractivity contribution in [3.05, 3.63) is 94.0 Å². The molecule has 0 amide bonds. The number of anilines is 4. The summed E-state index contributed by atoms with van der Waals surface area (Å²) >= 11 is 0. The van der Waals surface area contributed by atoms with Crippen LogP contribution in [0.5, 0.6) is 23.0 Å². The monoisotopic (exact) mass is 480 g/mol. The van der Waals surface area contributed by atoms with Gasteiger partial charge in [-0.3, -0.25) is 9.59 Å². The third-order valence-electron chi connectivity index (χ3n) is 6.13. The molecule has 0 aliphatic heterocycles. The molecule has 0 fully saturated rings. The van der Waals surface area contributed by atoms with Crippen molar-refractivity contribution >= 4 is 34.3 Å². The maximum Gasteiger partial charge on any atom is 0.199 e. The van der Waals surface area contributed by atoms with Gasteiger partial charge in [-0.15, -0.1) is 0 Å². The fraction of sp³-hybridized carbons (Fsp3) is 0.0714. The molecule has 0 radical (unpaired) electrons. The van der Waals surface area contributed by atoms with Crippen molar-refractivity contribution in [2.75, 3.05) is 22.9 Å². The van der Waals surface area contributed by atoms with Crippen LogP contribution in [0.25, 0.3) is 0 Å². The molecule has 0 heterocycles. The number of aryl methyl sites for hydroxylation is 2. The van der Waals surface area contributed by atoms with Crippen molar-refractivity contribution in [3.63, 3.8) is 0 Å². The highest BCUT2D eigenvalue weighted by atomic mass is 16.5. The minimum Gasteiger partial charge on any atom is -0.455 e. The van der Waals surface area contributed by atoms with Crippen molar-refractivity contribution in [1.29, 1.82) is 0 Å². The summed E-state index contributed by atoms with van der Waals surface area (Å²) in [6.45, 7) is 3.90. The van der Waals surface area contributed by atoms with E-state index in [9.17, 15) is 9.59 Å². The molecule has 5 rings (SSSR count). The molecule has 4 aromatic rings. The molecule has 0 bridgehead atoms. The summed E-state index contributed by atoms with van der Waals surface area (Å²) in [6, 6.07) is 17.4. The largest absolute Gasteiger partial charge is 0.455 e. The highest BCUT2D eigenvalue weighted by Gasteiger charge is 2.38. The van der Waals surface area contributed by atoms with Crippen LogP contribution in [0.4, 0.5) is 22.7 Å². The van der Waals surface area contributed by atoms with Gasteiger partial charge in [-0.05, 0) is 38.1 Å². The first-order valence-electron chi connectivity index (χ1n) is 11.2. The first-order chi connectivity index (χ1) is 17.2. The number of hydrogen-bond donors (Lipinski definition) is 4. The van der Waals surface area contributed by atoms with E-state index in [1.54, 1.807) is 24.3 Å². The van der Waals surface area contributed by atoms with Crippen LogP contribution in [-0.4, -0.2) is 11.6 Å². The van der Waals surface area contributed by atoms with Gasteiger partial charge in [-0.1, -0.05) is 35.4 Å². The Labute approximate surface area is 207 Å². The molecule has 0 aromatic heterocycles.